The Bertz CT molecular complexity index is 527. The van der Waals surface area contributed by atoms with Crippen LogP contribution in [-0.4, -0.2) is 34.9 Å². The highest BCUT2D eigenvalue weighted by molar-refractivity contribution is 5.94. The molecule has 0 fully saturated rings. The molecule has 1 amide bonds. The van der Waals surface area contributed by atoms with Gasteiger partial charge in [0, 0.05) is 18.2 Å². The summed E-state index contributed by atoms with van der Waals surface area (Å²) in [7, 11) is 1.82. The third-order valence-corrected chi connectivity index (χ3v) is 2.54. The number of aromatic amines is 1. The molecule has 0 spiro atoms. The van der Waals surface area contributed by atoms with E-state index in [1.54, 1.807) is 6.07 Å². The van der Waals surface area contributed by atoms with Crippen molar-refractivity contribution in [3.8, 4) is 0 Å². The largest absolute Gasteiger partial charge is 0.326 e. The molecule has 0 radical (unpaired) electrons. The molecule has 0 aliphatic heterocycles. The number of hydrogen-bond donors (Lipinski definition) is 3. The number of rotatable bonds is 4. The number of aromatic nitrogens is 3. The summed E-state index contributed by atoms with van der Waals surface area (Å²) in [5.74, 6) is -0.0878. The smallest absolute Gasteiger partial charge is 0.228 e. The first kappa shape index (κ1) is 14.4. The summed E-state index contributed by atoms with van der Waals surface area (Å²) in [5, 5.41) is 16.3. The molecule has 1 aromatic carbocycles. The highest BCUT2D eigenvalue weighted by atomic mass is 35.5. The third kappa shape index (κ3) is 3.18. The number of benzene rings is 1. The minimum atomic E-state index is -0.0759. The van der Waals surface area contributed by atoms with Crippen LogP contribution in [0.2, 0.25) is 0 Å². The van der Waals surface area contributed by atoms with Crippen LogP contribution in [0.3, 0.4) is 0 Å². The van der Waals surface area contributed by atoms with Crippen molar-refractivity contribution in [1.29, 1.82) is 0 Å². The number of amides is 1. The number of anilines is 1. The van der Waals surface area contributed by atoms with E-state index in [0.717, 1.165) is 16.7 Å². The normalized spacial score (nSPS) is 11.9. The lowest BCUT2D eigenvalue weighted by molar-refractivity contribution is -0.119. The van der Waals surface area contributed by atoms with Gasteiger partial charge in [-0.3, -0.25) is 4.79 Å². The van der Waals surface area contributed by atoms with Crippen molar-refractivity contribution in [2.75, 3.05) is 18.9 Å². The van der Waals surface area contributed by atoms with Gasteiger partial charge in [0.25, 0.3) is 0 Å². The number of nitrogens with zero attached hydrogens (tertiary/aromatic N) is 2. The lowest BCUT2D eigenvalue weighted by atomic mass is 10.1. The molecule has 1 heterocycles. The van der Waals surface area contributed by atoms with E-state index in [2.05, 4.69) is 26.0 Å². The molecule has 0 aliphatic carbocycles. The molecule has 7 heteroatoms. The van der Waals surface area contributed by atoms with Gasteiger partial charge >= 0.3 is 0 Å². The third-order valence-electron chi connectivity index (χ3n) is 2.54. The second-order valence-electron chi connectivity index (χ2n) is 3.98. The topological polar surface area (TPSA) is 82.7 Å². The SMILES string of the molecule is CNCC(C)C(=O)Nc1ccc2n[nH]nc2c1.Cl. The average Bonchev–Trinajstić information content (AvgIpc) is 2.76. The maximum Gasteiger partial charge on any atom is 0.228 e. The van der Waals surface area contributed by atoms with Gasteiger partial charge in [0.1, 0.15) is 11.0 Å². The van der Waals surface area contributed by atoms with Gasteiger partial charge in [-0.25, -0.2) is 0 Å². The Balaban J connectivity index is 0.00000162. The van der Waals surface area contributed by atoms with Crippen LogP contribution < -0.4 is 10.6 Å². The number of hydrogen-bond acceptors (Lipinski definition) is 4. The van der Waals surface area contributed by atoms with Crippen LogP contribution >= 0.6 is 12.4 Å². The molecule has 2 rings (SSSR count). The van der Waals surface area contributed by atoms with E-state index in [-0.39, 0.29) is 24.2 Å². The fraction of sp³-hybridized carbons (Fsp3) is 0.364. The number of carbonyl (C=O) groups excluding carboxylic acids is 1. The van der Waals surface area contributed by atoms with E-state index in [0.29, 0.717) is 6.54 Å². The Hall–Kier alpha value is -1.66. The molecule has 1 unspecified atom stereocenters. The molecule has 18 heavy (non-hydrogen) atoms. The Kier molecular flexibility index (Phi) is 5.06. The fourth-order valence-corrected chi connectivity index (χ4v) is 1.58. The van der Waals surface area contributed by atoms with E-state index < -0.39 is 0 Å². The summed E-state index contributed by atoms with van der Waals surface area (Å²) in [6, 6.07) is 5.43. The average molecular weight is 270 g/mol. The molecule has 0 saturated heterocycles. The first-order valence-electron chi connectivity index (χ1n) is 5.46. The van der Waals surface area contributed by atoms with E-state index >= 15 is 0 Å². The minimum Gasteiger partial charge on any atom is -0.326 e. The molecule has 6 nitrogen and oxygen atoms in total. The predicted molar refractivity (Wildman–Crippen MR) is 72.9 cm³/mol. The molecule has 1 atom stereocenters. The number of nitrogens with one attached hydrogen (secondary N) is 3. The van der Waals surface area contributed by atoms with Gasteiger partial charge < -0.3 is 10.6 Å². The van der Waals surface area contributed by atoms with Gasteiger partial charge in [-0.1, -0.05) is 6.92 Å². The van der Waals surface area contributed by atoms with E-state index in [1.165, 1.54) is 0 Å². The summed E-state index contributed by atoms with van der Waals surface area (Å²) in [6.07, 6.45) is 0. The molecule has 98 valence electrons. The number of halogens is 1. The zero-order valence-corrected chi connectivity index (χ0v) is 11.0. The van der Waals surface area contributed by atoms with Gasteiger partial charge in [-0.2, -0.15) is 15.4 Å². The molecule has 0 bridgehead atoms. The lowest BCUT2D eigenvalue weighted by Crippen LogP contribution is -2.28. The summed E-state index contributed by atoms with van der Waals surface area (Å²) in [5.41, 5.74) is 2.26. The summed E-state index contributed by atoms with van der Waals surface area (Å²) in [6.45, 7) is 2.53. The Labute approximate surface area is 111 Å². The van der Waals surface area contributed by atoms with Crippen molar-refractivity contribution in [2.24, 2.45) is 5.92 Å². The highest BCUT2D eigenvalue weighted by Gasteiger charge is 2.12. The van der Waals surface area contributed by atoms with Crippen molar-refractivity contribution in [2.45, 2.75) is 6.92 Å². The Morgan fingerprint density at radius 2 is 2.11 bits per heavy atom. The number of fused-ring (bicyclic) bond motifs is 1. The van der Waals surface area contributed by atoms with Crippen molar-refractivity contribution in [3.63, 3.8) is 0 Å². The zero-order chi connectivity index (χ0) is 12.3. The van der Waals surface area contributed by atoms with Crippen molar-refractivity contribution >= 4 is 35.0 Å². The molecule has 0 saturated carbocycles. The van der Waals surface area contributed by atoms with E-state index in [1.807, 2.05) is 26.1 Å². The maximum absolute atomic E-state index is 11.8. The maximum atomic E-state index is 11.8. The van der Waals surface area contributed by atoms with E-state index in [9.17, 15) is 4.79 Å². The molecular weight excluding hydrogens is 254 g/mol. The first-order chi connectivity index (χ1) is 8.20. The van der Waals surface area contributed by atoms with Gasteiger partial charge in [0.05, 0.1) is 0 Å². The van der Waals surface area contributed by atoms with E-state index in [4.69, 9.17) is 0 Å². The standard InChI is InChI=1S/C11H15N5O.ClH/c1-7(6-12-2)11(17)13-8-3-4-9-10(5-8)15-16-14-9;/h3-5,7,12H,6H2,1-2H3,(H,13,17)(H,14,15,16);1H. The molecule has 1 aromatic heterocycles. The highest BCUT2D eigenvalue weighted by Crippen LogP contribution is 2.15. The van der Waals surface area contributed by atoms with Crippen LogP contribution in [-0.2, 0) is 4.79 Å². The van der Waals surface area contributed by atoms with Crippen molar-refractivity contribution < 1.29 is 4.79 Å². The van der Waals surface area contributed by atoms with Gasteiger partial charge in [-0.15, -0.1) is 12.4 Å². The molecule has 3 N–H and O–H groups in total. The van der Waals surface area contributed by atoms with Crippen LogP contribution in [0.25, 0.3) is 11.0 Å². The second kappa shape index (κ2) is 6.32. The quantitative estimate of drug-likeness (QED) is 0.778. The summed E-state index contributed by atoms with van der Waals surface area (Å²) >= 11 is 0. The molecule has 2 aromatic rings. The number of H-pyrrole nitrogens is 1. The first-order valence-corrected chi connectivity index (χ1v) is 5.46. The van der Waals surface area contributed by atoms with Crippen molar-refractivity contribution in [3.05, 3.63) is 18.2 Å². The zero-order valence-electron chi connectivity index (χ0n) is 10.2. The van der Waals surface area contributed by atoms with Crippen LogP contribution in [0, 0.1) is 5.92 Å². The van der Waals surface area contributed by atoms with Gasteiger partial charge in [0.2, 0.25) is 5.91 Å². The van der Waals surface area contributed by atoms with Crippen LogP contribution in [0.4, 0.5) is 5.69 Å². The summed E-state index contributed by atoms with van der Waals surface area (Å²) in [4.78, 5) is 11.8. The lowest BCUT2D eigenvalue weighted by Gasteiger charge is -2.11. The Morgan fingerprint density at radius 3 is 2.83 bits per heavy atom. The van der Waals surface area contributed by atoms with Gasteiger partial charge in [-0.05, 0) is 25.2 Å². The summed E-state index contributed by atoms with van der Waals surface area (Å²) < 4.78 is 0. The van der Waals surface area contributed by atoms with Gasteiger partial charge in [0.15, 0.2) is 0 Å². The Morgan fingerprint density at radius 1 is 1.39 bits per heavy atom. The second-order valence-corrected chi connectivity index (χ2v) is 3.98. The minimum absolute atomic E-state index is 0. The predicted octanol–water partition coefficient (Wildman–Crippen LogP) is 1.17. The number of carbonyl (C=O) groups is 1. The molecular formula is C11H16ClN5O. The van der Waals surface area contributed by atoms with Crippen LogP contribution in [0.15, 0.2) is 18.2 Å². The van der Waals surface area contributed by atoms with Crippen LogP contribution in [0.5, 0.6) is 0 Å². The fourth-order valence-electron chi connectivity index (χ4n) is 1.58. The van der Waals surface area contributed by atoms with Crippen molar-refractivity contribution in [1.82, 2.24) is 20.7 Å². The molecule has 0 aliphatic rings. The monoisotopic (exact) mass is 269 g/mol. The van der Waals surface area contributed by atoms with Crippen LogP contribution in [0.1, 0.15) is 6.92 Å².